The second-order valence-corrected chi connectivity index (χ2v) is 2.93. The van der Waals surface area contributed by atoms with Crippen LogP contribution >= 0.6 is 0 Å². The van der Waals surface area contributed by atoms with Crippen molar-refractivity contribution < 1.29 is 17.9 Å². The molecule has 0 saturated heterocycles. The molecule has 1 N–H and O–H groups in total. The Kier molecular flexibility index (Phi) is 4.48. The number of alkyl halides is 3. The summed E-state index contributed by atoms with van der Waals surface area (Å²) in [7, 11) is 0. The fourth-order valence-corrected chi connectivity index (χ4v) is 0.973. The molecule has 0 radical (unpaired) electrons. The number of hydrogen-bond donors (Lipinski definition) is 1. The third-order valence-corrected chi connectivity index (χ3v) is 1.71. The minimum atomic E-state index is -4.45. The van der Waals surface area contributed by atoms with Crippen LogP contribution in [-0.2, 0) is 10.9 Å². The Bertz CT molecular complexity index is 313. The molecule has 0 saturated carbocycles. The van der Waals surface area contributed by atoms with E-state index in [4.69, 9.17) is 4.74 Å². The average molecular weight is 235 g/mol. The smallest absolute Gasteiger partial charge is 0.380 e. The standard InChI is InChI=1S/C9H12F3N3O/c1-2-16-6-5-13-8-4-3-7(14-15-8)9(10,11)12/h3-4H,2,5-6H2,1H3,(H,13,15). The molecule has 16 heavy (non-hydrogen) atoms. The molecule has 1 heterocycles. The summed E-state index contributed by atoms with van der Waals surface area (Å²) < 4.78 is 41.4. The van der Waals surface area contributed by atoms with Crippen LogP contribution in [0.4, 0.5) is 19.0 Å². The van der Waals surface area contributed by atoms with Gasteiger partial charge in [-0.15, -0.1) is 10.2 Å². The van der Waals surface area contributed by atoms with Crippen molar-refractivity contribution in [2.45, 2.75) is 13.1 Å². The third kappa shape index (κ3) is 4.01. The van der Waals surface area contributed by atoms with Gasteiger partial charge < -0.3 is 10.1 Å². The zero-order valence-corrected chi connectivity index (χ0v) is 8.71. The van der Waals surface area contributed by atoms with E-state index < -0.39 is 11.9 Å². The van der Waals surface area contributed by atoms with Gasteiger partial charge >= 0.3 is 6.18 Å². The van der Waals surface area contributed by atoms with Crippen LogP contribution in [-0.4, -0.2) is 30.0 Å². The third-order valence-electron chi connectivity index (χ3n) is 1.71. The Morgan fingerprint density at radius 1 is 1.31 bits per heavy atom. The predicted molar refractivity (Wildman–Crippen MR) is 52.0 cm³/mol. The first-order valence-corrected chi connectivity index (χ1v) is 4.76. The number of halogens is 3. The topological polar surface area (TPSA) is 47.0 Å². The Morgan fingerprint density at radius 2 is 2.06 bits per heavy atom. The lowest BCUT2D eigenvalue weighted by Gasteiger charge is -2.07. The molecule has 0 spiro atoms. The van der Waals surface area contributed by atoms with Crippen molar-refractivity contribution >= 4 is 5.82 Å². The number of hydrogen-bond acceptors (Lipinski definition) is 4. The SMILES string of the molecule is CCOCCNc1ccc(C(F)(F)F)nn1. The maximum absolute atomic E-state index is 12.1. The molecule has 4 nitrogen and oxygen atoms in total. The lowest BCUT2D eigenvalue weighted by molar-refractivity contribution is -0.141. The van der Waals surface area contributed by atoms with Crippen LogP contribution in [0.25, 0.3) is 0 Å². The van der Waals surface area contributed by atoms with Gasteiger partial charge in [-0.05, 0) is 19.1 Å². The fraction of sp³-hybridized carbons (Fsp3) is 0.556. The van der Waals surface area contributed by atoms with Crippen molar-refractivity contribution in [1.29, 1.82) is 0 Å². The molecular weight excluding hydrogens is 223 g/mol. The summed E-state index contributed by atoms with van der Waals surface area (Å²) in [4.78, 5) is 0. The molecule has 0 aromatic carbocycles. The fourth-order valence-electron chi connectivity index (χ4n) is 0.973. The van der Waals surface area contributed by atoms with Gasteiger partial charge in [-0.3, -0.25) is 0 Å². The summed E-state index contributed by atoms with van der Waals surface area (Å²) in [5.41, 5.74) is -0.997. The number of nitrogens with zero attached hydrogens (tertiary/aromatic N) is 2. The first kappa shape index (κ1) is 12.7. The van der Waals surface area contributed by atoms with Gasteiger partial charge in [0.2, 0.25) is 0 Å². The van der Waals surface area contributed by atoms with Gasteiger partial charge in [0, 0.05) is 13.2 Å². The number of nitrogens with one attached hydrogen (secondary N) is 1. The van der Waals surface area contributed by atoms with Crippen LogP contribution in [0.3, 0.4) is 0 Å². The minimum absolute atomic E-state index is 0.299. The maximum atomic E-state index is 12.1. The van der Waals surface area contributed by atoms with Gasteiger partial charge in [-0.2, -0.15) is 13.2 Å². The van der Waals surface area contributed by atoms with Gasteiger partial charge in [0.05, 0.1) is 6.61 Å². The van der Waals surface area contributed by atoms with Gasteiger partial charge in [0.15, 0.2) is 5.69 Å². The van der Waals surface area contributed by atoms with Crippen LogP contribution in [0, 0.1) is 0 Å². The summed E-state index contributed by atoms with van der Waals surface area (Å²) in [6, 6.07) is 2.12. The number of anilines is 1. The van der Waals surface area contributed by atoms with Gasteiger partial charge in [-0.1, -0.05) is 0 Å². The second kappa shape index (κ2) is 5.64. The minimum Gasteiger partial charge on any atom is -0.380 e. The molecule has 1 aromatic heterocycles. The second-order valence-electron chi connectivity index (χ2n) is 2.93. The van der Waals surface area contributed by atoms with Crippen molar-refractivity contribution in [3.63, 3.8) is 0 Å². The van der Waals surface area contributed by atoms with E-state index in [-0.39, 0.29) is 0 Å². The van der Waals surface area contributed by atoms with E-state index in [1.807, 2.05) is 6.92 Å². The molecule has 0 bridgehead atoms. The van der Waals surface area contributed by atoms with E-state index in [2.05, 4.69) is 15.5 Å². The molecule has 0 unspecified atom stereocenters. The molecule has 7 heteroatoms. The van der Waals surface area contributed by atoms with Crippen molar-refractivity contribution in [2.75, 3.05) is 25.1 Å². The molecular formula is C9H12F3N3O. The van der Waals surface area contributed by atoms with Gasteiger partial charge in [0.25, 0.3) is 0 Å². The highest BCUT2D eigenvalue weighted by Crippen LogP contribution is 2.26. The first-order chi connectivity index (χ1) is 7.54. The molecule has 0 fully saturated rings. The van der Waals surface area contributed by atoms with Crippen LogP contribution in [0.1, 0.15) is 12.6 Å². The summed E-state index contributed by atoms with van der Waals surface area (Å²) in [6.07, 6.45) is -4.45. The Morgan fingerprint density at radius 3 is 2.56 bits per heavy atom. The molecule has 1 aromatic rings. The van der Waals surface area contributed by atoms with Crippen molar-refractivity contribution in [3.8, 4) is 0 Å². The lowest BCUT2D eigenvalue weighted by atomic mass is 10.4. The van der Waals surface area contributed by atoms with E-state index in [0.717, 1.165) is 6.07 Å². The van der Waals surface area contributed by atoms with Gasteiger partial charge in [-0.25, -0.2) is 0 Å². The van der Waals surface area contributed by atoms with Crippen LogP contribution in [0.2, 0.25) is 0 Å². The van der Waals surface area contributed by atoms with Crippen molar-refractivity contribution in [2.24, 2.45) is 0 Å². The number of rotatable bonds is 5. The van der Waals surface area contributed by atoms with Crippen molar-refractivity contribution in [3.05, 3.63) is 17.8 Å². The molecule has 1 rings (SSSR count). The highest BCUT2D eigenvalue weighted by atomic mass is 19.4. The van der Waals surface area contributed by atoms with Gasteiger partial charge in [0.1, 0.15) is 5.82 Å². The molecule has 0 amide bonds. The summed E-state index contributed by atoms with van der Waals surface area (Å²) in [5, 5.41) is 9.27. The number of aromatic nitrogens is 2. The first-order valence-electron chi connectivity index (χ1n) is 4.76. The molecule has 0 aliphatic rings. The summed E-state index contributed by atoms with van der Waals surface area (Å²) >= 11 is 0. The monoisotopic (exact) mass is 235 g/mol. The van der Waals surface area contributed by atoms with E-state index >= 15 is 0 Å². The van der Waals surface area contributed by atoms with Crippen LogP contribution in [0.15, 0.2) is 12.1 Å². The maximum Gasteiger partial charge on any atom is 0.435 e. The largest absolute Gasteiger partial charge is 0.435 e. The van der Waals surface area contributed by atoms with E-state index in [0.29, 0.717) is 25.6 Å². The molecule has 0 aliphatic carbocycles. The highest BCUT2D eigenvalue weighted by Gasteiger charge is 2.32. The lowest BCUT2D eigenvalue weighted by Crippen LogP contribution is -2.13. The van der Waals surface area contributed by atoms with Crippen LogP contribution < -0.4 is 5.32 Å². The highest BCUT2D eigenvalue weighted by molar-refractivity contribution is 5.33. The molecule has 0 aliphatic heterocycles. The molecule has 90 valence electrons. The molecule has 0 atom stereocenters. The quantitative estimate of drug-likeness (QED) is 0.792. The van der Waals surface area contributed by atoms with E-state index in [9.17, 15) is 13.2 Å². The van der Waals surface area contributed by atoms with E-state index in [1.54, 1.807) is 0 Å². The Balaban J connectivity index is 2.46. The number of ether oxygens (including phenoxy) is 1. The Hall–Kier alpha value is -1.37. The Labute approximate surface area is 90.8 Å². The summed E-state index contributed by atoms with van der Waals surface area (Å²) in [6.45, 7) is 3.41. The van der Waals surface area contributed by atoms with Crippen LogP contribution in [0.5, 0.6) is 0 Å². The van der Waals surface area contributed by atoms with Crippen molar-refractivity contribution in [1.82, 2.24) is 10.2 Å². The zero-order valence-electron chi connectivity index (χ0n) is 8.71. The average Bonchev–Trinajstić information content (AvgIpc) is 2.24. The normalized spacial score (nSPS) is 11.5. The predicted octanol–water partition coefficient (Wildman–Crippen LogP) is 1.94. The van der Waals surface area contributed by atoms with E-state index in [1.165, 1.54) is 6.07 Å². The summed E-state index contributed by atoms with van der Waals surface area (Å²) in [5.74, 6) is 0.299. The zero-order chi connectivity index (χ0) is 12.0.